The molecule has 1 aromatic heterocycles. The molecule has 4 aliphatic rings. The van der Waals surface area contributed by atoms with E-state index in [2.05, 4.69) is 14.9 Å². The van der Waals surface area contributed by atoms with Crippen LogP contribution in [0.2, 0.25) is 0 Å². The smallest absolute Gasteiger partial charge is 0.497 e. The first-order valence-electron chi connectivity index (χ1n) is 10.1. The second-order valence-corrected chi connectivity index (χ2v) is 10.7. The minimum atomic E-state index is -5.48. The minimum Gasteiger partial charge on any atom is -0.497 e. The van der Waals surface area contributed by atoms with E-state index < -0.39 is 15.5 Å². The third-order valence-electron chi connectivity index (χ3n) is 7.02. The van der Waals surface area contributed by atoms with Gasteiger partial charge in [0.15, 0.2) is 0 Å². The Hall–Kier alpha value is -2.27. The first kappa shape index (κ1) is 20.6. The molecule has 1 aliphatic heterocycles. The molecular formula is C20H23F3N4O3S. The number of ether oxygens (including phenoxy) is 1. The highest BCUT2D eigenvalue weighted by Gasteiger charge is 2.63. The highest BCUT2D eigenvalue weighted by Crippen LogP contribution is 2.67. The number of fused-ring (bicyclic) bond motifs is 1. The van der Waals surface area contributed by atoms with Crippen LogP contribution in [0, 0.1) is 11.3 Å². The van der Waals surface area contributed by atoms with Gasteiger partial charge >= 0.3 is 15.5 Å². The van der Waals surface area contributed by atoms with Gasteiger partial charge in [-0.15, -0.1) is 0 Å². The fourth-order valence-corrected chi connectivity index (χ4v) is 6.31. The van der Waals surface area contributed by atoms with E-state index in [-0.39, 0.29) is 24.5 Å². The number of sulfonamides is 1. The number of hydrogen-bond acceptors (Lipinski definition) is 5. The topological polar surface area (TPSA) is 78.5 Å². The molecule has 2 bridgehead atoms. The molecule has 6 rings (SSSR count). The largest absolute Gasteiger partial charge is 0.511 e. The summed E-state index contributed by atoms with van der Waals surface area (Å²) in [6.07, 6.45) is 5.99. The molecule has 1 unspecified atom stereocenters. The molecule has 2 aromatic rings. The number of nitrogens with one attached hydrogen (secondary N) is 1. The Balaban J connectivity index is 1.63. The molecule has 11 heteroatoms. The highest BCUT2D eigenvalue weighted by molar-refractivity contribution is 7.89. The number of benzene rings is 1. The van der Waals surface area contributed by atoms with Crippen molar-refractivity contribution in [1.82, 2.24) is 14.3 Å². The van der Waals surface area contributed by atoms with E-state index in [0.29, 0.717) is 28.1 Å². The molecule has 1 N–H and O–H groups in total. The summed E-state index contributed by atoms with van der Waals surface area (Å²) in [5.41, 5.74) is -3.49. The summed E-state index contributed by atoms with van der Waals surface area (Å²) in [5.74, 6) is 1.06. The summed E-state index contributed by atoms with van der Waals surface area (Å²) in [4.78, 5) is 9.17. The van der Waals surface area contributed by atoms with E-state index in [4.69, 9.17) is 4.74 Å². The van der Waals surface area contributed by atoms with Crippen LogP contribution >= 0.6 is 0 Å². The summed E-state index contributed by atoms with van der Waals surface area (Å²) in [5, 5.41) is 0. The molecule has 0 spiro atoms. The summed E-state index contributed by atoms with van der Waals surface area (Å²) < 4.78 is 71.4. The van der Waals surface area contributed by atoms with Crippen molar-refractivity contribution in [3.8, 4) is 5.75 Å². The second-order valence-electron chi connectivity index (χ2n) is 8.80. The highest BCUT2D eigenvalue weighted by atomic mass is 32.2. The monoisotopic (exact) mass is 456 g/mol. The standard InChI is InChI=1S/C20H23F3N4O3S/c1-30-16-2-3-17-14(4-16)9-26(31(28,29)20(21,22)23)11-18(19-5-13(6-19)7-19)27(17)10-15-8-24-12-25-15/h2-4,8,12-13,18H,5-7,9-11H2,1H3,(H,24,25). The van der Waals surface area contributed by atoms with E-state index >= 15 is 0 Å². The molecule has 168 valence electrons. The van der Waals surface area contributed by atoms with Gasteiger partial charge in [-0.25, -0.2) is 13.4 Å². The first-order chi connectivity index (χ1) is 14.6. The van der Waals surface area contributed by atoms with Gasteiger partial charge in [-0.2, -0.15) is 17.5 Å². The van der Waals surface area contributed by atoms with Crippen LogP contribution in [-0.4, -0.2) is 47.9 Å². The van der Waals surface area contributed by atoms with Crippen molar-refractivity contribution in [2.75, 3.05) is 18.6 Å². The quantitative estimate of drug-likeness (QED) is 0.747. The van der Waals surface area contributed by atoms with Gasteiger partial charge in [0, 0.05) is 31.0 Å². The van der Waals surface area contributed by atoms with Crippen molar-refractivity contribution in [3.05, 3.63) is 42.0 Å². The maximum atomic E-state index is 13.5. The summed E-state index contributed by atoms with van der Waals surface area (Å²) in [6.45, 7) is -0.167. The van der Waals surface area contributed by atoms with Crippen LogP contribution < -0.4 is 9.64 Å². The molecule has 1 atom stereocenters. The number of aromatic amines is 1. The summed E-state index contributed by atoms with van der Waals surface area (Å²) in [6, 6.07) is 4.82. The number of methoxy groups -OCH3 is 1. The van der Waals surface area contributed by atoms with Crippen molar-refractivity contribution in [2.45, 2.75) is 43.9 Å². The fourth-order valence-electron chi connectivity index (χ4n) is 5.37. The van der Waals surface area contributed by atoms with E-state index in [9.17, 15) is 21.6 Å². The maximum Gasteiger partial charge on any atom is 0.511 e. The number of hydrogen-bond donors (Lipinski definition) is 1. The molecule has 3 saturated carbocycles. The van der Waals surface area contributed by atoms with Gasteiger partial charge in [0.25, 0.3) is 0 Å². The molecule has 2 heterocycles. The third kappa shape index (κ3) is 3.20. The number of nitrogens with zero attached hydrogens (tertiary/aromatic N) is 3. The number of rotatable bonds is 5. The van der Waals surface area contributed by atoms with Crippen LogP contribution in [0.1, 0.15) is 30.5 Å². The SMILES string of the molecule is COc1ccc2c(c1)CN(S(=O)(=O)C(F)(F)F)CC(C13CC(C1)C3)N2Cc1cnc[nH]1. The van der Waals surface area contributed by atoms with Crippen LogP contribution in [-0.2, 0) is 23.1 Å². The number of imidazole rings is 1. The Morgan fingerprint density at radius 1 is 1.29 bits per heavy atom. The maximum absolute atomic E-state index is 13.5. The molecule has 31 heavy (non-hydrogen) atoms. The van der Waals surface area contributed by atoms with Crippen LogP contribution in [0.5, 0.6) is 5.75 Å². The van der Waals surface area contributed by atoms with Crippen molar-refractivity contribution in [1.29, 1.82) is 0 Å². The number of H-pyrrole nitrogens is 1. The van der Waals surface area contributed by atoms with E-state index in [1.165, 1.54) is 7.11 Å². The lowest BCUT2D eigenvalue weighted by atomic mass is 9.41. The zero-order valence-electron chi connectivity index (χ0n) is 16.9. The van der Waals surface area contributed by atoms with Crippen LogP contribution in [0.4, 0.5) is 18.9 Å². The molecule has 3 aliphatic carbocycles. The number of alkyl halides is 3. The van der Waals surface area contributed by atoms with Gasteiger partial charge in [0.2, 0.25) is 0 Å². The van der Waals surface area contributed by atoms with Gasteiger partial charge in [0.1, 0.15) is 5.75 Å². The van der Waals surface area contributed by atoms with Gasteiger partial charge < -0.3 is 14.6 Å². The van der Waals surface area contributed by atoms with Gasteiger partial charge in [0.05, 0.1) is 25.7 Å². The van der Waals surface area contributed by atoms with Crippen molar-refractivity contribution in [3.63, 3.8) is 0 Å². The average molecular weight is 456 g/mol. The number of halogens is 3. The molecule has 0 saturated heterocycles. The summed E-state index contributed by atoms with van der Waals surface area (Å²) >= 11 is 0. The van der Waals surface area contributed by atoms with Gasteiger partial charge in [-0.05, 0) is 54.4 Å². The zero-order valence-corrected chi connectivity index (χ0v) is 17.7. The third-order valence-corrected chi connectivity index (χ3v) is 8.56. The number of anilines is 1. The average Bonchev–Trinajstić information content (AvgIpc) is 3.09. The Morgan fingerprint density at radius 2 is 2.03 bits per heavy atom. The molecule has 3 fully saturated rings. The first-order valence-corrected chi connectivity index (χ1v) is 11.5. The van der Waals surface area contributed by atoms with Gasteiger partial charge in [-0.1, -0.05) is 0 Å². The fraction of sp³-hybridized carbons (Fsp3) is 0.550. The lowest BCUT2D eigenvalue weighted by Gasteiger charge is -2.67. The molecule has 1 aromatic carbocycles. The predicted molar refractivity (Wildman–Crippen MR) is 107 cm³/mol. The van der Waals surface area contributed by atoms with E-state index in [1.807, 2.05) is 6.07 Å². The molecule has 7 nitrogen and oxygen atoms in total. The van der Waals surface area contributed by atoms with Crippen molar-refractivity contribution < 1.29 is 26.3 Å². The zero-order chi connectivity index (χ0) is 22.0. The minimum absolute atomic E-state index is 0.161. The van der Waals surface area contributed by atoms with E-state index in [1.54, 1.807) is 24.7 Å². The van der Waals surface area contributed by atoms with Crippen LogP contribution in [0.15, 0.2) is 30.7 Å². The Labute approximate surface area is 178 Å². The Kier molecular flexibility index (Phi) is 4.57. The lowest BCUT2D eigenvalue weighted by molar-refractivity contribution is -0.129. The summed E-state index contributed by atoms with van der Waals surface area (Å²) in [7, 11) is -4.02. The van der Waals surface area contributed by atoms with Gasteiger partial charge in [-0.3, -0.25) is 0 Å². The predicted octanol–water partition coefficient (Wildman–Crippen LogP) is 3.26. The van der Waals surface area contributed by atoms with E-state index in [0.717, 1.165) is 30.6 Å². The van der Waals surface area contributed by atoms with Crippen LogP contribution in [0.3, 0.4) is 0 Å². The van der Waals surface area contributed by atoms with Crippen LogP contribution in [0.25, 0.3) is 0 Å². The molecule has 0 radical (unpaired) electrons. The van der Waals surface area contributed by atoms with Crippen molar-refractivity contribution >= 4 is 15.7 Å². The Morgan fingerprint density at radius 3 is 2.58 bits per heavy atom. The molecular weight excluding hydrogens is 433 g/mol. The number of aromatic nitrogens is 2. The Bertz CT molecular complexity index is 1070. The van der Waals surface area contributed by atoms with Crippen molar-refractivity contribution in [2.24, 2.45) is 11.3 Å². The second kappa shape index (κ2) is 6.86. The molecule has 0 amide bonds. The normalized spacial score (nSPS) is 28.3. The lowest BCUT2D eigenvalue weighted by Crippen LogP contribution is -2.66.